The van der Waals surface area contributed by atoms with Crippen LogP contribution in [0.2, 0.25) is 0 Å². The fourth-order valence-electron chi connectivity index (χ4n) is 1.39. The summed E-state index contributed by atoms with van der Waals surface area (Å²) >= 11 is 3.42. The molecule has 0 aliphatic carbocycles. The van der Waals surface area contributed by atoms with Crippen molar-refractivity contribution < 1.29 is 4.74 Å². The van der Waals surface area contributed by atoms with Gasteiger partial charge in [0.2, 0.25) is 0 Å². The number of methoxy groups -OCH3 is 1. The molecule has 0 aromatic heterocycles. The molecule has 0 bridgehead atoms. The van der Waals surface area contributed by atoms with Crippen molar-refractivity contribution in [3.05, 3.63) is 34.3 Å². The quantitative estimate of drug-likeness (QED) is 0.859. The highest BCUT2D eigenvalue weighted by Gasteiger charge is 2.04. The van der Waals surface area contributed by atoms with Crippen molar-refractivity contribution in [3.8, 4) is 0 Å². The van der Waals surface area contributed by atoms with Gasteiger partial charge in [0.1, 0.15) is 0 Å². The third-order valence-corrected chi connectivity index (χ3v) is 2.90. The van der Waals surface area contributed by atoms with Crippen LogP contribution < -0.4 is 5.32 Å². The lowest BCUT2D eigenvalue weighted by Crippen LogP contribution is -2.31. The van der Waals surface area contributed by atoms with Crippen LogP contribution in [0.4, 0.5) is 0 Å². The molecule has 2 nitrogen and oxygen atoms in total. The van der Waals surface area contributed by atoms with E-state index in [0.29, 0.717) is 6.04 Å². The number of halogens is 1. The predicted octanol–water partition coefficient (Wildman–Crippen LogP) is 2.96. The second kappa shape index (κ2) is 6.99. The lowest BCUT2D eigenvalue weighted by Gasteiger charge is -2.15. The minimum Gasteiger partial charge on any atom is -0.383 e. The highest BCUT2D eigenvalue weighted by molar-refractivity contribution is 9.10. The van der Waals surface area contributed by atoms with E-state index in [1.54, 1.807) is 7.11 Å². The Hall–Kier alpha value is -0.380. The third kappa shape index (κ3) is 4.78. The summed E-state index contributed by atoms with van der Waals surface area (Å²) in [6, 6.07) is 8.81. The first-order chi connectivity index (χ1) is 7.26. The van der Waals surface area contributed by atoms with Crippen LogP contribution in [0.25, 0.3) is 0 Å². The molecule has 0 radical (unpaired) electrons. The fourth-order valence-corrected chi connectivity index (χ4v) is 1.65. The summed E-state index contributed by atoms with van der Waals surface area (Å²) in [5.41, 5.74) is 1.30. The van der Waals surface area contributed by atoms with E-state index in [-0.39, 0.29) is 0 Å². The first kappa shape index (κ1) is 12.7. The van der Waals surface area contributed by atoms with Crippen LogP contribution in [0, 0.1) is 0 Å². The lowest BCUT2D eigenvalue weighted by atomic mass is 10.2. The minimum absolute atomic E-state index is 0.443. The highest BCUT2D eigenvalue weighted by atomic mass is 79.9. The highest BCUT2D eigenvalue weighted by Crippen LogP contribution is 2.10. The molecule has 1 N–H and O–H groups in total. The molecule has 15 heavy (non-hydrogen) atoms. The van der Waals surface area contributed by atoms with Crippen LogP contribution in [0.5, 0.6) is 0 Å². The minimum atomic E-state index is 0.443. The van der Waals surface area contributed by atoms with Gasteiger partial charge in [0, 0.05) is 24.2 Å². The van der Waals surface area contributed by atoms with Gasteiger partial charge in [-0.15, -0.1) is 0 Å². The van der Waals surface area contributed by atoms with E-state index >= 15 is 0 Å². The van der Waals surface area contributed by atoms with E-state index in [2.05, 4.69) is 52.4 Å². The van der Waals surface area contributed by atoms with Crippen molar-refractivity contribution in [2.24, 2.45) is 0 Å². The van der Waals surface area contributed by atoms with Crippen LogP contribution >= 0.6 is 15.9 Å². The second-order valence-electron chi connectivity index (χ2n) is 3.57. The maximum Gasteiger partial charge on any atom is 0.0615 e. The van der Waals surface area contributed by atoms with Gasteiger partial charge in [0.05, 0.1) is 6.61 Å². The van der Waals surface area contributed by atoms with E-state index in [4.69, 9.17) is 4.74 Å². The number of benzene rings is 1. The molecule has 0 heterocycles. The van der Waals surface area contributed by atoms with Crippen molar-refractivity contribution in [2.45, 2.75) is 25.9 Å². The molecule has 0 saturated carbocycles. The normalized spacial score (nSPS) is 12.7. The maximum absolute atomic E-state index is 5.13. The van der Waals surface area contributed by atoms with E-state index in [0.717, 1.165) is 24.0 Å². The molecular formula is C12H18BrNO. The van der Waals surface area contributed by atoms with E-state index < -0.39 is 0 Å². The van der Waals surface area contributed by atoms with Gasteiger partial charge in [-0.3, -0.25) is 0 Å². The van der Waals surface area contributed by atoms with Gasteiger partial charge < -0.3 is 10.1 Å². The van der Waals surface area contributed by atoms with Crippen molar-refractivity contribution in [1.82, 2.24) is 5.32 Å². The topological polar surface area (TPSA) is 21.3 Å². The van der Waals surface area contributed by atoms with E-state index in [9.17, 15) is 0 Å². The first-order valence-electron chi connectivity index (χ1n) is 5.23. The first-order valence-corrected chi connectivity index (χ1v) is 6.02. The zero-order valence-corrected chi connectivity index (χ0v) is 10.9. The molecule has 1 atom stereocenters. The second-order valence-corrected chi connectivity index (χ2v) is 4.48. The van der Waals surface area contributed by atoms with Gasteiger partial charge in [0.25, 0.3) is 0 Å². The maximum atomic E-state index is 5.13. The van der Waals surface area contributed by atoms with Gasteiger partial charge in [-0.1, -0.05) is 35.0 Å². The van der Waals surface area contributed by atoms with Gasteiger partial charge in [-0.2, -0.15) is 0 Å². The molecule has 1 aromatic rings. The molecule has 84 valence electrons. The number of ether oxygens (including phenoxy) is 1. The molecule has 0 saturated heterocycles. The number of hydrogen-bond acceptors (Lipinski definition) is 2. The summed E-state index contributed by atoms with van der Waals surface area (Å²) in [5.74, 6) is 0. The number of nitrogens with one attached hydrogen (secondary N) is 1. The largest absolute Gasteiger partial charge is 0.383 e. The van der Waals surface area contributed by atoms with E-state index in [1.807, 2.05) is 0 Å². The average molecular weight is 272 g/mol. The van der Waals surface area contributed by atoms with Gasteiger partial charge >= 0.3 is 0 Å². The van der Waals surface area contributed by atoms with Crippen LogP contribution in [0.1, 0.15) is 18.9 Å². The third-order valence-electron chi connectivity index (χ3n) is 2.37. The lowest BCUT2D eigenvalue weighted by molar-refractivity contribution is 0.164. The molecule has 0 unspecified atom stereocenters. The molecular weight excluding hydrogens is 254 g/mol. The summed E-state index contributed by atoms with van der Waals surface area (Å²) in [7, 11) is 1.74. The van der Waals surface area contributed by atoms with Crippen LogP contribution in [-0.2, 0) is 11.3 Å². The summed E-state index contributed by atoms with van der Waals surface area (Å²) in [4.78, 5) is 0. The molecule has 3 heteroatoms. The van der Waals surface area contributed by atoms with Crippen molar-refractivity contribution >= 4 is 15.9 Å². The zero-order valence-electron chi connectivity index (χ0n) is 9.29. The SMILES string of the molecule is CC[C@@H](COC)NCc1ccc(Br)cc1. The zero-order chi connectivity index (χ0) is 11.1. The van der Waals surface area contributed by atoms with Gasteiger partial charge in [-0.25, -0.2) is 0 Å². The molecule has 0 aliphatic heterocycles. The fraction of sp³-hybridized carbons (Fsp3) is 0.500. The van der Waals surface area contributed by atoms with Crippen LogP contribution in [0.3, 0.4) is 0 Å². The van der Waals surface area contributed by atoms with E-state index in [1.165, 1.54) is 5.56 Å². The molecule has 0 amide bonds. The Morgan fingerprint density at radius 1 is 1.33 bits per heavy atom. The number of rotatable bonds is 6. The van der Waals surface area contributed by atoms with Crippen molar-refractivity contribution in [1.29, 1.82) is 0 Å². The Labute approximate surface area is 100 Å². The Bertz CT molecular complexity index is 273. The van der Waals surface area contributed by atoms with Crippen molar-refractivity contribution in [3.63, 3.8) is 0 Å². The summed E-state index contributed by atoms with van der Waals surface area (Å²) < 4.78 is 6.25. The Balaban J connectivity index is 2.38. The van der Waals surface area contributed by atoms with Gasteiger partial charge in [0.15, 0.2) is 0 Å². The van der Waals surface area contributed by atoms with Gasteiger partial charge in [-0.05, 0) is 24.1 Å². The van der Waals surface area contributed by atoms with Crippen LogP contribution in [0.15, 0.2) is 28.7 Å². The Morgan fingerprint density at radius 2 is 2.00 bits per heavy atom. The summed E-state index contributed by atoms with van der Waals surface area (Å²) in [6.45, 7) is 3.83. The molecule has 0 spiro atoms. The van der Waals surface area contributed by atoms with Crippen molar-refractivity contribution in [2.75, 3.05) is 13.7 Å². The standard InChI is InChI=1S/C12H18BrNO/c1-3-12(9-15-2)14-8-10-4-6-11(13)7-5-10/h4-7,12,14H,3,8-9H2,1-2H3/t12-/m0/s1. The molecule has 1 rings (SSSR count). The Morgan fingerprint density at radius 3 is 2.53 bits per heavy atom. The molecule has 0 fully saturated rings. The monoisotopic (exact) mass is 271 g/mol. The molecule has 1 aromatic carbocycles. The summed E-state index contributed by atoms with van der Waals surface area (Å²) in [5, 5.41) is 3.47. The molecule has 0 aliphatic rings. The Kier molecular flexibility index (Phi) is 5.91. The van der Waals surface area contributed by atoms with Crippen LogP contribution in [-0.4, -0.2) is 19.8 Å². The summed E-state index contributed by atoms with van der Waals surface area (Å²) in [6.07, 6.45) is 1.09. The smallest absolute Gasteiger partial charge is 0.0615 e. The number of hydrogen-bond donors (Lipinski definition) is 1. The average Bonchev–Trinajstić information content (AvgIpc) is 2.26. The predicted molar refractivity (Wildman–Crippen MR) is 66.9 cm³/mol.